The van der Waals surface area contributed by atoms with E-state index in [4.69, 9.17) is 8.94 Å². The van der Waals surface area contributed by atoms with Crippen LogP contribution >= 0.6 is 18.7 Å². The maximum absolute atomic E-state index is 13.9. The molecule has 1 unspecified atom stereocenters. The summed E-state index contributed by atoms with van der Waals surface area (Å²) >= 11 is 1.17. The molecule has 6 nitrogen and oxygen atoms in total. The summed E-state index contributed by atoms with van der Waals surface area (Å²) in [7, 11) is -1.90. The van der Waals surface area contributed by atoms with Gasteiger partial charge in [-0.1, -0.05) is 42.0 Å². The monoisotopic (exact) mass is 517 g/mol. The highest BCUT2D eigenvalue weighted by Gasteiger charge is 2.30. The van der Waals surface area contributed by atoms with Crippen LogP contribution in [0.1, 0.15) is 26.4 Å². The quantitative estimate of drug-likeness (QED) is 0.228. The van der Waals surface area contributed by atoms with Crippen molar-refractivity contribution in [3.8, 4) is 21.8 Å². The molecule has 0 amide bonds. The number of nitrogens with zero attached hydrogens (tertiary/aromatic N) is 1. The Labute approximate surface area is 212 Å². The number of rotatable bonds is 7. The summed E-state index contributed by atoms with van der Waals surface area (Å²) in [4.78, 5) is 17.3. The topological polar surface area (TPSA) is 89.6 Å². The molecule has 8 heteroatoms. The second-order valence-corrected chi connectivity index (χ2v) is 12.2. The van der Waals surface area contributed by atoms with Crippen molar-refractivity contribution in [2.24, 2.45) is 0 Å². The Balaban J connectivity index is 1.48. The number of aryl methyl sites for hydroxylation is 2. The summed E-state index contributed by atoms with van der Waals surface area (Å²) in [6, 6.07) is 20.8. The van der Waals surface area contributed by atoms with E-state index in [2.05, 4.69) is 4.98 Å². The van der Waals surface area contributed by atoms with Crippen molar-refractivity contribution in [1.29, 1.82) is 0 Å². The highest BCUT2D eigenvalue weighted by molar-refractivity contribution is 7.66. The molecule has 36 heavy (non-hydrogen) atoms. The fourth-order valence-corrected chi connectivity index (χ4v) is 7.57. The third kappa shape index (κ3) is 4.53. The van der Waals surface area contributed by atoms with Crippen molar-refractivity contribution in [2.75, 3.05) is 7.11 Å². The van der Waals surface area contributed by atoms with Crippen LogP contribution in [0, 0.1) is 13.8 Å². The lowest BCUT2D eigenvalue weighted by atomic mass is 10.1. The van der Waals surface area contributed by atoms with Crippen LogP contribution in [0.4, 0.5) is 0 Å². The molecule has 0 saturated heterocycles. The molecule has 0 aliphatic carbocycles. The molecular formula is C28H24NO5PS. The van der Waals surface area contributed by atoms with E-state index in [9.17, 15) is 14.5 Å². The van der Waals surface area contributed by atoms with Crippen LogP contribution in [0.2, 0.25) is 0 Å². The number of furan rings is 1. The number of hydrogen-bond acceptors (Lipinski definition) is 6. The number of hydrogen-bond donors (Lipinski definition) is 1. The number of aromatic nitrogens is 1. The molecule has 1 atom stereocenters. The average Bonchev–Trinajstić information content (AvgIpc) is 3.48. The largest absolute Gasteiger partial charge is 0.477 e. The van der Waals surface area contributed by atoms with E-state index in [1.807, 2.05) is 80.6 Å². The predicted molar refractivity (Wildman–Crippen MR) is 144 cm³/mol. The van der Waals surface area contributed by atoms with E-state index >= 15 is 0 Å². The van der Waals surface area contributed by atoms with Gasteiger partial charge in [-0.05, 0) is 54.8 Å². The number of thiophene rings is 1. The lowest BCUT2D eigenvalue weighted by molar-refractivity contribution is 0.0701. The van der Waals surface area contributed by atoms with Crippen LogP contribution in [0.25, 0.3) is 32.9 Å². The van der Waals surface area contributed by atoms with Crippen molar-refractivity contribution in [3.63, 3.8) is 0 Å². The summed E-state index contributed by atoms with van der Waals surface area (Å²) in [5.41, 5.74) is 5.69. The number of benzene rings is 2. The van der Waals surface area contributed by atoms with Gasteiger partial charge in [-0.25, -0.2) is 4.79 Å². The molecule has 5 aromatic rings. The van der Waals surface area contributed by atoms with Gasteiger partial charge in [0.1, 0.15) is 16.2 Å². The standard InChI is InChI=1S/C28H24NO5PS/c1-17-6-11-25(18(2)13-17)35(32,33-3)16-21-14-26(36-27(21)28(30)31)20-9-7-19(8-10-20)24-15-22-23(34-24)5-4-12-29-22/h4-15H,16H2,1-3H3,(H,30,31). The van der Waals surface area contributed by atoms with E-state index < -0.39 is 13.3 Å². The minimum atomic E-state index is -3.31. The van der Waals surface area contributed by atoms with E-state index in [1.54, 1.807) is 6.20 Å². The molecule has 0 radical (unpaired) electrons. The van der Waals surface area contributed by atoms with E-state index in [0.29, 0.717) is 16.6 Å². The number of carboxylic acid groups (broad SMARTS) is 1. The zero-order valence-electron chi connectivity index (χ0n) is 20.0. The van der Waals surface area contributed by atoms with Gasteiger partial charge in [0.25, 0.3) is 0 Å². The lowest BCUT2D eigenvalue weighted by Crippen LogP contribution is -2.13. The second kappa shape index (κ2) is 9.51. The van der Waals surface area contributed by atoms with Gasteiger partial charge < -0.3 is 14.0 Å². The average molecular weight is 518 g/mol. The molecule has 0 bridgehead atoms. The summed E-state index contributed by atoms with van der Waals surface area (Å²) in [5, 5.41) is 10.5. The van der Waals surface area contributed by atoms with Crippen molar-refractivity contribution in [2.45, 2.75) is 20.0 Å². The van der Waals surface area contributed by atoms with Crippen molar-refractivity contribution in [1.82, 2.24) is 4.98 Å². The Kier molecular flexibility index (Phi) is 6.39. The third-order valence-electron chi connectivity index (χ3n) is 6.14. The molecule has 3 aromatic heterocycles. The molecule has 2 aromatic carbocycles. The number of aromatic carboxylic acids is 1. The van der Waals surface area contributed by atoms with Gasteiger partial charge >= 0.3 is 5.97 Å². The Morgan fingerprint density at radius 1 is 1.06 bits per heavy atom. The zero-order chi connectivity index (χ0) is 25.4. The second-order valence-electron chi connectivity index (χ2n) is 8.65. The predicted octanol–water partition coefficient (Wildman–Crippen LogP) is 7.29. The molecule has 0 aliphatic rings. The van der Waals surface area contributed by atoms with Crippen molar-refractivity contribution >= 4 is 41.1 Å². The molecule has 0 spiro atoms. The zero-order valence-corrected chi connectivity index (χ0v) is 21.7. The van der Waals surface area contributed by atoms with Crippen LogP contribution in [0.15, 0.2) is 77.3 Å². The number of carbonyl (C=O) groups is 1. The molecule has 3 heterocycles. The maximum atomic E-state index is 13.9. The summed E-state index contributed by atoms with van der Waals surface area (Å²) < 4.78 is 25.3. The SMILES string of the molecule is COP(=O)(Cc1cc(-c2ccc(-c3cc4ncccc4o3)cc2)sc1C(=O)O)c1ccc(C)cc1C. The summed E-state index contributed by atoms with van der Waals surface area (Å²) in [6.45, 7) is 3.86. The molecule has 5 rings (SSSR count). The normalized spacial score (nSPS) is 13.1. The summed E-state index contributed by atoms with van der Waals surface area (Å²) in [6.07, 6.45) is 1.73. The van der Waals surface area contributed by atoms with Crippen LogP contribution in [0.3, 0.4) is 0 Å². The fraction of sp³-hybridized carbons (Fsp3) is 0.143. The number of pyridine rings is 1. The first-order valence-corrected chi connectivity index (χ1v) is 13.9. The van der Waals surface area contributed by atoms with Gasteiger partial charge in [0, 0.05) is 35.1 Å². The van der Waals surface area contributed by atoms with Gasteiger partial charge in [0.05, 0.1) is 6.16 Å². The third-order valence-corrected chi connectivity index (χ3v) is 9.93. The smallest absolute Gasteiger partial charge is 0.346 e. The van der Waals surface area contributed by atoms with Crippen LogP contribution in [-0.2, 0) is 15.3 Å². The number of fused-ring (bicyclic) bond motifs is 1. The van der Waals surface area contributed by atoms with Gasteiger partial charge in [-0.3, -0.25) is 9.55 Å². The van der Waals surface area contributed by atoms with Crippen molar-refractivity contribution < 1.29 is 23.4 Å². The molecule has 0 saturated carbocycles. The molecular weight excluding hydrogens is 493 g/mol. The van der Waals surface area contributed by atoms with E-state index in [-0.39, 0.29) is 11.0 Å². The fourth-order valence-electron chi connectivity index (χ4n) is 4.34. The Hall–Kier alpha value is -3.51. The van der Waals surface area contributed by atoms with Gasteiger partial charge in [-0.15, -0.1) is 11.3 Å². The van der Waals surface area contributed by atoms with E-state index in [0.717, 1.165) is 38.2 Å². The molecule has 0 aliphatic heterocycles. The first-order chi connectivity index (χ1) is 17.3. The molecule has 0 fully saturated rings. The van der Waals surface area contributed by atoms with Crippen LogP contribution in [-0.4, -0.2) is 23.2 Å². The van der Waals surface area contributed by atoms with E-state index in [1.165, 1.54) is 18.4 Å². The minimum absolute atomic E-state index is 0.00953. The Morgan fingerprint density at radius 3 is 2.47 bits per heavy atom. The lowest BCUT2D eigenvalue weighted by Gasteiger charge is -2.19. The van der Waals surface area contributed by atoms with Crippen LogP contribution < -0.4 is 5.30 Å². The van der Waals surface area contributed by atoms with Gasteiger partial charge in [-0.2, -0.15) is 0 Å². The maximum Gasteiger partial charge on any atom is 0.346 e. The Morgan fingerprint density at radius 2 is 1.81 bits per heavy atom. The first kappa shape index (κ1) is 24.2. The Bertz CT molecular complexity index is 1600. The molecule has 182 valence electrons. The molecule has 1 N–H and O–H groups in total. The van der Waals surface area contributed by atoms with Gasteiger partial charge in [0.15, 0.2) is 5.58 Å². The number of carboxylic acids is 1. The highest BCUT2D eigenvalue weighted by atomic mass is 32.1. The minimum Gasteiger partial charge on any atom is -0.477 e. The highest BCUT2D eigenvalue weighted by Crippen LogP contribution is 2.51. The van der Waals surface area contributed by atoms with Crippen molar-refractivity contribution in [3.05, 3.63) is 94.5 Å². The van der Waals surface area contributed by atoms with Gasteiger partial charge in [0.2, 0.25) is 7.37 Å². The first-order valence-electron chi connectivity index (χ1n) is 11.3. The van der Waals surface area contributed by atoms with Crippen LogP contribution in [0.5, 0.6) is 0 Å². The summed E-state index contributed by atoms with van der Waals surface area (Å²) in [5.74, 6) is -0.334.